The smallest absolute Gasteiger partial charge is 0.306 e. The molecule has 2 aliphatic heterocycles. The van der Waals surface area contributed by atoms with E-state index < -0.39 is 0 Å². The lowest BCUT2D eigenvalue weighted by Gasteiger charge is -2.61. The first-order valence-corrected chi connectivity index (χ1v) is 18.2. The van der Waals surface area contributed by atoms with Crippen LogP contribution in [0.3, 0.4) is 0 Å². The van der Waals surface area contributed by atoms with Gasteiger partial charge in [-0.2, -0.15) is 0 Å². The Morgan fingerprint density at radius 1 is 0.829 bits per heavy atom. The van der Waals surface area contributed by atoms with E-state index in [0.29, 0.717) is 41.1 Å². The summed E-state index contributed by atoms with van der Waals surface area (Å²) >= 11 is 0. The van der Waals surface area contributed by atoms with Gasteiger partial charge >= 0.3 is 5.97 Å². The highest BCUT2D eigenvalue weighted by Crippen LogP contribution is 2.71. The van der Waals surface area contributed by atoms with Crippen molar-refractivity contribution >= 4 is 5.97 Å². The second-order valence-corrected chi connectivity index (χ2v) is 16.4. The van der Waals surface area contributed by atoms with Crippen LogP contribution in [-0.2, 0) is 19.0 Å². The van der Waals surface area contributed by atoms with Crippen molar-refractivity contribution in [3.8, 4) is 0 Å². The Hall–Kier alpha value is -0.610. The summed E-state index contributed by atoms with van der Waals surface area (Å²) in [5.41, 5.74) is 0.812. The summed E-state index contributed by atoms with van der Waals surface area (Å²) in [7, 11) is 0. The van der Waals surface area contributed by atoms with Crippen LogP contribution in [0.15, 0.2) is 0 Å². The second kappa shape index (κ2) is 12.1. The quantitative estimate of drug-likeness (QED) is 0.205. The van der Waals surface area contributed by atoms with Gasteiger partial charge in [-0.3, -0.25) is 4.79 Å². The Morgan fingerprint density at radius 3 is 2.34 bits per heavy atom. The summed E-state index contributed by atoms with van der Waals surface area (Å²) in [6.07, 6.45) is 22.3. The molecule has 4 aliphatic carbocycles. The average molecular weight is 571 g/mol. The van der Waals surface area contributed by atoms with E-state index in [4.69, 9.17) is 14.2 Å². The Bertz CT molecular complexity index is 909. The first-order valence-electron chi connectivity index (χ1n) is 18.2. The van der Waals surface area contributed by atoms with Gasteiger partial charge in [-0.15, -0.1) is 0 Å². The highest BCUT2D eigenvalue weighted by Gasteiger charge is 2.69. The Kier molecular flexibility index (Phi) is 8.94. The van der Waals surface area contributed by atoms with Gasteiger partial charge in [0.2, 0.25) is 0 Å². The van der Waals surface area contributed by atoms with Crippen molar-refractivity contribution in [2.45, 2.75) is 168 Å². The molecule has 41 heavy (non-hydrogen) atoms. The molecule has 12 atom stereocenters. The van der Waals surface area contributed by atoms with Gasteiger partial charge < -0.3 is 14.2 Å². The highest BCUT2D eigenvalue weighted by molar-refractivity contribution is 5.69. The van der Waals surface area contributed by atoms with E-state index in [9.17, 15) is 4.79 Å². The summed E-state index contributed by atoms with van der Waals surface area (Å²) in [5.74, 6) is 4.77. The van der Waals surface area contributed by atoms with Crippen molar-refractivity contribution in [1.82, 2.24) is 0 Å². The fourth-order valence-corrected chi connectivity index (χ4v) is 11.8. The number of unbranched alkanes of at least 4 members (excludes halogenated alkanes) is 6. The van der Waals surface area contributed by atoms with Crippen LogP contribution in [-0.4, -0.2) is 30.6 Å². The number of hydrogen-bond acceptors (Lipinski definition) is 4. The fourth-order valence-electron chi connectivity index (χ4n) is 11.8. The van der Waals surface area contributed by atoms with Gasteiger partial charge in [0, 0.05) is 18.8 Å². The van der Waals surface area contributed by atoms with Crippen LogP contribution in [0.1, 0.15) is 150 Å². The zero-order valence-corrected chi connectivity index (χ0v) is 27.3. The molecule has 4 nitrogen and oxygen atoms in total. The molecule has 234 valence electrons. The number of fused-ring (bicyclic) bond motifs is 7. The van der Waals surface area contributed by atoms with Crippen LogP contribution >= 0.6 is 0 Å². The molecule has 6 rings (SSSR count). The number of ether oxygens (including phenoxy) is 3. The monoisotopic (exact) mass is 570 g/mol. The molecule has 6 fully saturated rings. The van der Waals surface area contributed by atoms with Gasteiger partial charge in [0.1, 0.15) is 6.10 Å². The molecule has 0 radical (unpaired) electrons. The molecule has 0 N–H and O–H groups in total. The molecule has 0 aromatic carbocycles. The molecule has 0 aromatic rings. The molecule has 4 saturated carbocycles. The molecule has 2 heterocycles. The van der Waals surface area contributed by atoms with Gasteiger partial charge in [-0.05, 0) is 111 Å². The molecular formula is C37H62O4. The molecule has 1 spiro atoms. The van der Waals surface area contributed by atoms with Gasteiger partial charge in [0.15, 0.2) is 5.79 Å². The molecule has 0 amide bonds. The van der Waals surface area contributed by atoms with Crippen molar-refractivity contribution in [3.05, 3.63) is 0 Å². The molecule has 0 aromatic heterocycles. The number of esters is 1. The first-order chi connectivity index (χ1) is 19.7. The van der Waals surface area contributed by atoms with E-state index in [-0.39, 0.29) is 17.9 Å². The molecular weight excluding hydrogens is 508 g/mol. The number of hydrogen-bond donors (Lipinski definition) is 0. The summed E-state index contributed by atoms with van der Waals surface area (Å²) in [6.45, 7) is 13.2. The third kappa shape index (κ3) is 5.46. The summed E-state index contributed by atoms with van der Waals surface area (Å²) in [5, 5.41) is 0. The van der Waals surface area contributed by atoms with Crippen molar-refractivity contribution in [3.63, 3.8) is 0 Å². The van der Waals surface area contributed by atoms with E-state index in [1.54, 1.807) is 0 Å². The van der Waals surface area contributed by atoms with Crippen LogP contribution in [0.4, 0.5) is 0 Å². The van der Waals surface area contributed by atoms with E-state index >= 15 is 0 Å². The summed E-state index contributed by atoms with van der Waals surface area (Å²) in [4.78, 5) is 12.7. The maximum Gasteiger partial charge on any atom is 0.306 e. The zero-order valence-electron chi connectivity index (χ0n) is 27.3. The minimum absolute atomic E-state index is 0.0649. The normalized spacial score (nSPS) is 48.8. The summed E-state index contributed by atoms with van der Waals surface area (Å²) in [6, 6.07) is 0. The van der Waals surface area contributed by atoms with E-state index in [2.05, 4.69) is 34.6 Å². The Labute approximate surface area is 251 Å². The van der Waals surface area contributed by atoms with Gasteiger partial charge in [-0.1, -0.05) is 73.1 Å². The highest BCUT2D eigenvalue weighted by atomic mass is 16.7. The van der Waals surface area contributed by atoms with Crippen LogP contribution in [0.2, 0.25) is 0 Å². The van der Waals surface area contributed by atoms with E-state index in [1.807, 2.05) is 0 Å². The largest absolute Gasteiger partial charge is 0.462 e. The van der Waals surface area contributed by atoms with E-state index in [1.165, 1.54) is 83.5 Å². The number of rotatable bonds is 9. The summed E-state index contributed by atoms with van der Waals surface area (Å²) < 4.78 is 19.6. The lowest BCUT2D eigenvalue weighted by atomic mass is 9.44. The van der Waals surface area contributed by atoms with E-state index in [0.717, 1.165) is 56.0 Å². The molecule has 0 unspecified atom stereocenters. The van der Waals surface area contributed by atoms with Crippen LogP contribution in [0.5, 0.6) is 0 Å². The van der Waals surface area contributed by atoms with Crippen LogP contribution in [0.25, 0.3) is 0 Å². The van der Waals surface area contributed by atoms with Crippen molar-refractivity contribution in [2.75, 3.05) is 6.61 Å². The molecule has 2 saturated heterocycles. The molecule has 6 aliphatic rings. The molecule has 4 heteroatoms. The minimum Gasteiger partial charge on any atom is -0.462 e. The number of carbonyl (C=O) groups is 1. The topological polar surface area (TPSA) is 44.8 Å². The lowest BCUT2D eigenvalue weighted by Crippen LogP contribution is -2.55. The van der Waals surface area contributed by atoms with Crippen LogP contribution < -0.4 is 0 Å². The lowest BCUT2D eigenvalue weighted by molar-refractivity contribution is -0.273. The van der Waals surface area contributed by atoms with Gasteiger partial charge in [0.05, 0.1) is 12.7 Å². The Morgan fingerprint density at radius 2 is 1.59 bits per heavy atom. The van der Waals surface area contributed by atoms with Gasteiger partial charge in [0.25, 0.3) is 0 Å². The number of carbonyl (C=O) groups excluding carboxylic acids is 1. The van der Waals surface area contributed by atoms with Crippen LogP contribution in [0, 0.1) is 52.3 Å². The standard InChI is InChI=1S/C37H62O4/c1-6-7-8-9-10-11-12-13-33(38)40-28-17-19-35(4)27(22-28)14-15-29-30(35)18-20-36(5)31(29)23-32-34(36)26(3)37(41-32)21-16-25(2)24-39-37/h25-32,34H,6-24H2,1-5H3/t25-,26+,27+,28-,29-,30+,31+,32+,34+,35+,36+,37-/m1/s1. The Balaban J connectivity index is 1.03. The average Bonchev–Trinajstić information content (AvgIpc) is 3.40. The maximum absolute atomic E-state index is 12.7. The first kappa shape index (κ1) is 30.4. The SMILES string of the molecule is CCCCCCCCCC(=O)O[C@@H]1CC[C@@]2(C)[C@@H](CC[C@@H]3[C@@H]2CC[C@]2(C)[C@@H]4[C@H](C[C@@H]32)O[C@]2(CC[C@@H](C)CO2)[C@H]4C)C1. The predicted molar refractivity (Wildman–Crippen MR) is 164 cm³/mol. The van der Waals surface area contributed by atoms with Gasteiger partial charge in [-0.25, -0.2) is 0 Å². The zero-order chi connectivity index (χ0) is 28.8. The predicted octanol–water partition coefficient (Wildman–Crippen LogP) is 9.49. The van der Waals surface area contributed by atoms with Crippen molar-refractivity contribution in [2.24, 2.45) is 52.3 Å². The minimum atomic E-state index is -0.305. The van der Waals surface area contributed by atoms with Crippen molar-refractivity contribution < 1.29 is 19.0 Å². The second-order valence-electron chi connectivity index (χ2n) is 16.4. The van der Waals surface area contributed by atoms with Crippen molar-refractivity contribution in [1.29, 1.82) is 0 Å². The fraction of sp³-hybridized carbons (Fsp3) is 0.973. The third-order valence-electron chi connectivity index (χ3n) is 14.2. The maximum atomic E-state index is 12.7. The third-order valence-corrected chi connectivity index (χ3v) is 14.2. The molecule has 0 bridgehead atoms.